The SMILES string of the molecule is CCOC(=O)N1CCN(c2nccc3c(C)ccc(Br)c23)CC1. The lowest BCUT2D eigenvalue weighted by atomic mass is 10.1. The van der Waals surface area contributed by atoms with Crippen LogP contribution < -0.4 is 4.90 Å². The molecule has 1 aromatic heterocycles. The van der Waals surface area contributed by atoms with Gasteiger partial charge < -0.3 is 14.5 Å². The summed E-state index contributed by atoms with van der Waals surface area (Å²) in [6.07, 6.45) is 1.63. The highest BCUT2D eigenvalue weighted by atomic mass is 79.9. The fourth-order valence-electron chi connectivity index (χ4n) is 2.94. The van der Waals surface area contributed by atoms with E-state index < -0.39 is 0 Å². The lowest BCUT2D eigenvalue weighted by molar-refractivity contribution is 0.105. The molecule has 1 saturated heterocycles. The van der Waals surface area contributed by atoms with Crippen molar-refractivity contribution >= 4 is 38.6 Å². The average molecular weight is 378 g/mol. The Morgan fingerprint density at radius 2 is 2.00 bits per heavy atom. The number of rotatable bonds is 2. The van der Waals surface area contributed by atoms with E-state index in [1.165, 1.54) is 10.9 Å². The number of carbonyl (C=O) groups excluding carboxylic acids is 1. The molecule has 5 nitrogen and oxygen atoms in total. The van der Waals surface area contributed by atoms with Gasteiger partial charge in [0.1, 0.15) is 5.82 Å². The number of benzene rings is 1. The van der Waals surface area contributed by atoms with E-state index in [0.717, 1.165) is 28.8 Å². The van der Waals surface area contributed by atoms with E-state index in [9.17, 15) is 4.79 Å². The number of hydrogen-bond donors (Lipinski definition) is 0. The largest absolute Gasteiger partial charge is 0.450 e. The number of piperazine rings is 1. The van der Waals surface area contributed by atoms with Crippen LogP contribution in [0.2, 0.25) is 0 Å². The van der Waals surface area contributed by atoms with Crippen LogP contribution in [0.5, 0.6) is 0 Å². The van der Waals surface area contributed by atoms with Gasteiger partial charge >= 0.3 is 6.09 Å². The third kappa shape index (κ3) is 3.13. The van der Waals surface area contributed by atoms with Crippen molar-refractivity contribution in [3.05, 3.63) is 34.4 Å². The molecule has 1 amide bonds. The van der Waals surface area contributed by atoms with Gasteiger partial charge in [-0.3, -0.25) is 0 Å². The zero-order valence-corrected chi connectivity index (χ0v) is 15.0. The van der Waals surface area contributed by atoms with E-state index in [0.29, 0.717) is 19.7 Å². The summed E-state index contributed by atoms with van der Waals surface area (Å²) < 4.78 is 6.12. The number of ether oxygens (including phenoxy) is 1. The van der Waals surface area contributed by atoms with E-state index in [-0.39, 0.29) is 6.09 Å². The van der Waals surface area contributed by atoms with Crippen molar-refractivity contribution < 1.29 is 9.53 Å². The van der Waals surface area contributed by atoms with E-state index >= 15 is 0 Å². The topological polar surface area (TPSA) is 45.7 Å². The Bertz CT molecular complexity index is 727. The van der Waals surface area contributed by atoms with Crippen molar-refractivity contribution in [1.29, 1.82) is 0 Å². The molecule has 0 radical (unpaired) electrons. The first-order valence-corrected chi connectivity index (χ1v) is 8.61. The van der Waals surface area contributed by atoms with E-state index in [4.69, 9.17) is 4.74 Å². The van der Waals surface area contributed by atoms with Crippen molar-refractivity contribution in [1.82, 2.24) is 9.88 Å². The summed E-state index contributed by atoms with van der Waals surface area (Å²) in [5.74, 6) is 0.974. The predicted molar refractivity (Wildman–Crippen MR) is 95.0 cm³/mol. The molecule has 0 unspecified atom stereocenters. The predicted octanol–water partition coefficient (Wildman–Crippen LogP) is 3.58. The number of aryl methyl sites for hydroxylation is 1. The highest BCUT2D eigenvalue weighted by molar-refractivity contribution is 9.10. The minimum atomic E-state index is -0.227. The molecule has 0 N–H and O–H groups in total. The molecule has 23 heavy (non-hydrogen) atoms. The van der Waals surface area contributed by atoms with Crippen LogP contribution in [0.1, 0.15) is 12.5 Å². The lowest BCUT2D eigenvalue weighted by Crippen LogP contribution is -2.49. The normalized spacial score (nSPS) is 15.1. The quantitative estimate of drug-likeness (QED) is 0.802. The van der Waals surface area contributed by atoms with E-state index in [2.05, 4.69) is 44.9 Å². The Balaban J connectivity index is 1.86. The summed E-state index contributed by atoms with van der Waals surface area (Å²) in [7, 11) is 0. The number of hydrogen-bond acceptors (Lipinski definition) is 4. The summed E-state index contributed by atoms with van der Waals surface area (Å²) >= 11 is 3.65. The van der Waals surface area contributed by atoms with Gasteiger partial charge in [-0.05, 0) is 36.9 Å². The number of fused-ring (bicyclic) bond motifs is 1. The van der Waals surface area contributed by atoms with Crippen molar-refractivity contribution in [3.63, 3.8) is 0 Å². The second-order valence-corrected chi connectivity index (χ2v) is 6.45. The Hall–Kier alpha value is -1.82. The number of anilines is 1. The second-order valence-electron chi connectivity index (χ2n) is 5.59. The molecule has 0 atom stereocenters. The molecule has 6 heteroatoms. The van der Waals surface area contributed by atoms with Gasteiger partial charge in [-0.1, -0.05) is 22.0 Å². The average Bonchev–Trinajstić information content (AvgIpc) is 2.58. The second kappa shape index (κ2) is 6.74. The number of carbonyl (C=O) groups is 1. The maximum atomic E-state index is 11.8. The minimum absolute atomic E-state index is 0.227. The third-order valence-electron chi connectivity index (χ3n) is 4.18. The number of halogens is 1. The van der Waals surface area contributed by atoms with Gasteiger partial charge in [0.2, 0.25) is 0 Å². The summed E-state index contributed by atoms with van der Waals surface area (Å²) in [5, 5.41) is 2.34. The Morgan fingerprint density at radius 3 is 2.70 bits per heavy atom. The van der Waals surface area contributed by atoms with Gasteiger partial charge in [-0.25, -0.2) is 9.78 Å². The van der Waals surface area contributed by atoms with Crippen LogP contribution in [0.4, 0.5) is 10.6 Å². The van der Waals surface area contributed by atoms with Gasteiger partial charge in [0.25, 0.3) is 0 Å². The van der Waals surface area contributed by atoms with Crippen LogP contribution in [0.3, 0.4) is 0 Å². The molecular weight excluding hydrogens is 358 g/mol. The van der Waals surface area contributed by atoms with Crippen molar-refractivity contribution in [2.75, 3.05) is 37.7 Å². The molecule has 0 bridgehead atoms. The van der Waals surface area contributed by atoms with Crippen molar-refractivity contribution in [3.8, 4) is 0 Å². The molecule has 122 valence electrons. The first-order valence-electron chi connectivity index (χ1n) is 7.82. The summed E-state index contributed by atoms with van der Waals surface area (Å²) in [5.41, 5.74) is 1.23. The summed E-state index contributed by atoms with van der Waals surface area (Å²) in [6.45, 7) is 7.17. The molecule has 2 aromatic rings. The first kappa shape index (κ1) is 16.1. The van der Waals surface area contributed by atoms with Crippen molar-refractivity contribution in [2.45, 2.75) is 13.8 Å². The van der Waals surface area contributed by atoms with Crippen LogP contribution >= 0.6 is 15.9 Å². The third-order valence-corrected chi connectivity index (χ3v) is 4.84. The zero-order valence-electron chi connectivity index (χ0n) is 13.4. The van der Waals surface area contributed by atoms with Gasteiger partial charge in [0, 0.05) is 42.2 Å². The highest BCUT2D eigenvalue weighted by Gasteiger charge is 2.24. The summed E-state index contributed by atoms with van der Waals surface area (Å²) in [6, 6.07) is 6.22. The Labute approximate surface area is 144 Å². The van der Waals surface area contributed by atoms with Crippen LogP contribution in [0, 0.1) is 6.92 Å². The molecule has 2 heterocycles. The molecule has 1 fully saturated rings. The maximum Gasteiger partial charge on any atom is 0.409 e. The van der Waals surface area contributed by atoms with Crippen molar-refractivity contribution in [2.24, 2.45) is 0 Å². The fraction of sp³-hybridized carbons (Fsp3) is 0.412. The smallest absolute Gasteiger partial charge is 0.409 e. The highest BCUT2D eigenvalue weighted by Crippen LogP contribution is 2.33. The van der Waals surface area contributed by atoms with Gasteiger partial charge in [-0.2, -0.15) is 0 Å². The molecule has 1 aliphatic heterocycles. The number of pyridine rings is 1. The van der Waals surface area contributed by atoms with Gasteiger partial charge in [0.15, 0.2) is 0 Å². The fourth-order valence-corrected chi connectivity index (χ4v) is 3.46. The van der Waals surface area contributed by atoms with Crippen LogP contribution in [-0.4, -0.2) is 48.8 Å². The number of aromatic nitrogens is 1. The monoisotopic (exact) mass is 377 g/mol. The molecular formula is C17H20BrN3O2. The van der Waals surface area contributed by atoms with E-state index in [1.54, 1.807) is 4.90 Å². The van der Waals surface area contributed by atoms with Gasteiger partial charge in [-0.15, -0.1) is 0 Å². The first-order chi connectivity index (χ1) is 11.1. The molecule has 1 aliphatic rings. The molecule has 0 aliphatic carbocycles. The number of amides is 1. The zero-order chi connectivity index (χ0) is 16.4. The summed E-state index contributed by atoms with van der Waals surface area (Å²) in [4.78, 5) is 20.4. The van der Waals surface area contributed by atoms with Gasteiger partial charge in [0.05, 0.1) is 6.61 Å². The van der Waals surface area contributed by atoms with Crippen LogP contribution in [0.15, 0.2) is 28.9 Å². The standard InChI is InChI=1S/C17H20BrN3O2/c1-3-23-17(22)21-10-8-20(9-11-21)16-15-13(6-7-19-16)12(2)4-5-14(15)18/h4-7H,3,8-11H2,1-2H3. The maximum absolute atomic E-state index is 11.8. The molecule has 0 saturated carbocycles. The Morgan fingerprint density at radius 1 is 1.26 bits per heavy atom. The van der Waals surface area contributed by atoms with Crippen LogP contribution in [0.25, 0.3) is 10.8 Å². The number of nitrogens with zero attached hydrogens (tertiary/aromatic N) is 3. The molecule has 1 aromatic carbocycles. The molecule has 3 rings (SSSR count). The van der Waals surface area contributed by atoms with E-state index in [1.807, 2.05) is 19.2 Å². The minimum Gasteiger partial charge on any atom is -0.450 e. The Kier molecular flexibility index (Phi) is 4.71. The lowest BCUT2D eigenvalue weighted by Gasteiger charge is -2.35. The molecule has 0 spiro atoms. The van der Waals surface area contributed by atoms with Crippen LogP contribution in [-0.2, 0) is 4.74 Å².